The van der Waals surface area contributed by atoms with Crippen molar-refractivity contribution < 1.29 is 19.1 Å². The van der Waals surface area contributed by atoms with Crippen LogP contribution >= 0.6 is 54.5 Å². The van der Waals surface area contributed by atoms with Gasteiger partial charge in [-0.15, -0.1) is 0 Å². The molecule has 0 aromatic heterocycles. The van der Waals surface area contributed by atoms with Crippen LogP contribution in [0.4, 0.5) is 0 Å². The molecule has 0 fully saturated rings. The summed E-state index contributed by atoms with van der Waals surface area (Å²) in [6.45, 7) is -0.235. The molecule has 132 valence electrons. The minimum Gasteiger partial charge on any atom is -0.496 e. The molecule has 9 heteroatoms. The van der Waals surface area contributed by atoms with Gasteiger partial charge in [-0.2, -0.15) is 0 Å². The standard InChI is InChI=1S/C16H13Br2IN2O4/c1-24-14-4-2-9(6-12(14)19)16(23)21-20-15(22)8-25-13-5-3-10(17)7-11(13)18/h2-7H,8H2,1H3,(H,20,22)(H,21,23). The molecule has 0 radical (unpaired) electrons. The predicted octanol–water partition coefficient (Wildman–Crippen LogP) is 3.66. The van der Waals surface area contributed by atoms with Crippen molar-refractivity contribution in [3.63, 3.8) is 0 Å². The average molecular weight is 584 g/mol. The highest BCUT2D eigenvalue weighted by molar-refractivity contribution is 14.1. The molecule has 0 aliphatic rings. The highest BCUT2D eigenvalue weighted by Gasteiger charge is 2.11. The van der Waals surface area contributed by atoms with Gasteiger partial charge in [-0.1, -0.05) is 15.9 Å². The Morgan fingerprint density at radius 3 is 2.44 bits per heavy atom. The maximum absolute atomic E-state index is 12.0. The van der Waals surface area contributed by atoms with Crippen LogP contribution in [-0.2, 0) is 4.79 Å². The van der Waals surface area contributed by atoms with Crippen LogP contribution < -0.4 is 20.3 Å². The first kappa shape index (κ1) is 20.0. The van der Waals surface area contributed by atoms with Crippen LogP contribution in [0.25, 0.3) is 0 Å². The quantitative estimate of drug-likeness (QED) is 0.416. The number of benzene rings is 2. The van der Waals surface area contributed by atoms with Gasteiger partial charge in [0.15, 0.2) is 6.61 Å². The summed E-state index contributed by atoms with van der Waals surface area (Å²) in [7, 11) is 1.56. The smallest absolute Gasteiger partial charge is 0.276 e. The third-order valence-corrected chi connectivity index (χ3v) is 4.94. The summed E-state index contributed by atoms with van der Waals surface area (Å²) < 4.78 is 12.9. The van der Waals surface area contributed by atoms with Crippen molar-refractivity contribution in [2.75, 3.05) is 13.7 Å². The van der Waals surface area contributed by atoms with Crippen molar-refractivity contribution in [3.05, 3.63) is 54.5 Å². The fraction of sp³-hybridized carbons (Fsp3) is 0.125. The molecule has 0 bridgehead atoms. The maximum Gasteiger partial charge on any atom is 0.276 e. The average Bonchev–Trinajstić information content (AvgIpc) is 2.58. The molecule has 0 heterocycles. The van der Waals surface area contributed by atoms with E-state index in [2.05, 4.69) is 65.3 Å². The van der Waals surface area contributed by atoms with E-state index in [4.69, 9.17) is 9.47 Å². The zero-order valence-electron chi connectivity index (χ0n) is 12.9. The van der Waals surface area contributed by atoms with Crippen LogP contribution in [0.2, 0.25) is 0 Å². The molecule has 25 heavy (non-hydrogen) atoms. The molecule has 0 saturated carbocycles. The molecule has 0 aliphatic carbocycles. The first-order chi connectivity index (χ1) is 11.9. The van der Waals surface area contributed by atoms with Gasteiger partial charge in [-0.05, 0) is 74.9 Å². The molecule has 2 rings (SSSR count). The molecular formula is C16H13Br2IN2O4. The molecule has 0 spiro atoms. The molecule has 2 aromatic rings. The van der Waals surface area contributed by atoms with E-state index in [1.807, 2.05) is 0 Å². The second-order valence-electron chi connectivity index (χ2n) is 4.72. The van der Waals surface area contributed by atoms with Crippen LogP contribution in [0.5, 0.6) is 11.5 Å². The molecule has 6 nitrogen and oxygen atoms in total. The Balaban J connectivity index is 1.85. The Morgan fingerprint density at radius 2 is 1.80 bits per heavy atom. The normalized spacial score (nSPS) is 10.1. The maximum atomic E-state index is 12.0. The largest absolute Gasteiger partial charge is 0.496 e. The summed E-state index contributed by atoms with van der Waals surface area (Å²) in [6.07, 6.45) is 0. The van der Waals surface area contributed by atoms with E-state index >= 15 is 0 Å². The van der Waals surface area contributed by atoms with Gasteiger partial charge in [0.05, 0.1) is 15.2 Å². The number of carbonyl (C=O) groups excluding carboxylic acids is 2. The number of amides is 2. The highest BCUT2D eigenvalue weighted by atomic mass is 127. The number of carbonyl (C=O) groups is 2. The minimum atomic E-state index is -0.480. The van der Waals surface area contributed by atoms with Crippen molar-refractivity contribution in [2.24, 2.45) is 0 Å². The molecule has 0 atom stereocenters. The third kappa shape index (κ3) is 5.86. The highest BCUT2D eigenvalue weighted by Crippen LogP contribution is 2.28. The Labute approximate surface area is 175 Å². The number of rotatable bonds is 5. The van der Waals surface area contributed by atoms with Gasteiger partial charge in [-0.25, -0.2) is 0 Å². The van der Waals surface area contributed by atoms with E-state index < -0.39 is 11.8 Å². The predicted molar refractivity (Wildman–Crippen MR) is 109 cm³/mol. The van der Waals surface area contributed by atoms with E-state index in [-0.39, 0.29) is 6.61 Å². The summed E-state index contributed by atoms with van der Waals surface area (Å²) in [4.78, 5) is 23.8. The van der Waals surface area contributed by atoms with Gasteiger partial charge in [0.2, 0.25) is 0 Å². The number of ether oxygens (including phenoxy) is 2. The Hall–Kier alpha value is -1.33. The molecule has 2 amide bonds. The summed E-state index contributed by atoms with van der Waals surface area (Å²) in [5.74, 6) is 0.286. The second kappa shape index (κ2) is 9.39. The van der Waals surface area contributed by atoms with Crippen LogP contribution in [0.15, 0.2) is 45.3 Å². The van der Waals surface area contributed by atoms with E-state index in [0.717, 1.165) is 8.04 Å². The number of hydrazine groups is 1. The van der Waals surface area contributed by atoms with Crippen LogP contribution in [0, 0.1) is 3.57 Å². The molecule has 0 aliphatic heterocycles. The number of nitrogens with one attached hydrogen (secondary N) is 2. The van der Waals surface area contributed by atoms with Crippen LogP contribution in [0.3, 0.4) is 0 Å². The first-order valence-corrected chi connectivity index (χ1v) is 9.57. The van der Waals surface area contributed by atoms with Crippen molar-refractivity contribution in [3.8, 4) is 11.5 Å². The van der Waals surface area contributed by atoms with Gasteiger partial charge in [0, 0.05) is 10.0 Å². The van der Waals surface area contributed by atoms with Gasteiger partial charge in [-0.3, -0.25) is 20.4 Å². The lowest BCUT2D eigenvalue weighted by Crippen LogP contribution is -2.43. The van der Waals surface area contributed by atoms with Crippen molar-refractivity contribution in [1.29, 1.82) is 0 Å². The molecule has 2 N–H and O–H groups in total. The van der Waals surface area contributed by atoms with Crippen molar-refractivity contribution in [1.82, 2.24) is 10.9 Å². The zero-order chi connectivity index (χ0) is 18.4. The topological polar surface area (TPSA) is 76.7 Å². The van der Waals surface area contributed by atoms with Gasteiger partial charge in [0.1, 0.15) is 11.5 Å². The van der Waals surface area contributed by atoms with E-state index in [0.29, 0.717) is 21.5 Å². The second-order valence-corrected chi connectivity index (χ2v) is 7.65. The van der Waals surface area contributed by atoms with Gasteiger partial charge < -0.3 is 9.47 Å². The van der Waals surface area contributed by atoms with E-state index in [9.17, 15) is 9.59 Å². The molecule has 0 saturated heterocycles. The van der Waals surface area contributed by atoms with Crippen LogP contribution in [-0.4, -0.2) is 25.5 Å². The van der Waals surface area contributed by atoms with E-state index in [1.165, 1.54) is 0 Å². The number of hydrogen-bond acceptors (Lipinski definition) is 4. The van der Waals surface area contributed by atoms with Crippen molar-refractivity contribution >= 4 is 66.3 Å². The number of halogens is 3. The Bertz CT molecular complexity index is 802. The lowest BCUT2D eigenvalue weighted by molar-refractivity contribution is -0.123. The molecular weight excluding hydrogens is 571 g/mol. The Morgan fingerprint density at radius 1 is 1.08 bits per heavy atom. The fourth-order valence-corrected chi connectivity index (χ4v) is 3.67. The molecule has 0 unspecified atom stereocenters. The summed E-state index contributed by atoms with van der Waals surface area (Å²) in [5.41, 5.74) is 5.05. The number of methoxy groups -OCH3 is 1. The lowest BCUT2D eigenvalue weighted by atomic mass is 10.2. The fourth-order valence-electron chi connectivity index (χ4n) is 1.78. The van der Waals surface area contributed by atoms with Crippen molar-refractivity contribution in [2.45, 2.75) is 0 Å². The summed E-state index contributed by atoms with van der Waals surface area (Å²) in [6, 6.07) is 10.3. The SMILES string of the molecule is COc1ccc(C(=O)NNC(=O)COc2ccc(Br)cc2Br)cc1I. The third-order valence-electron chi connectivity index (χ3n) is 2.98. The summed E-state index contributed by atoms with van der Waals surface area (Å²) >= 11 is 8.74. The monoisotopic (exact) mass is 582 g/mol. The summed E-state index contributed by atoms with van der Waals surface area (Å²) in [5, 5.41) is 0. The minimum absolute atomic E-state index is 0.235. The van der Waals surface area contributed by atoms with E-state index in [1.54, 1.807) is 43.5 Å². The van der Waals surface area contributed by atoms with Crippen LogP contribution in [0.1, 0.15) is 10.4 Å². The lowest BCUT2D eigenvalue weighted by Gasteiger charge is -2.11. The Kier molecular flexibility index (Phi) is 7.51. The zero-order valence-corrected chi connectivity index (χ0v) is 18.3. The molecule has 2 aromatic carbocycles. The number of hydrogen-bond donors (Lipinski definition) is 2. The van der Waals surface area contributed by atoms with Gasteiger partial charge >= 0.3 is 0 Å². The first-order valence-electron chi connectivity index (χ1n) is 6.91. The van der Waals surface area contributed by atoms with Gasteiger partial charge in [0.25, 0.3) is 11.8 Å².